The molecule has 1 aliphatic heterocycles. The van der Waals surface area contributed by atoms with Crippen molar-refractivity contribution in [3.8, 4) is 0 Å². The number of hydrogen-bond acceptors (Lipinski definition) is 4. The molecule has 1 saturated heterocycles. The fraction of sp³-hybridized carbons (Fsp3) is 0.929. The van der Waals surface area contributed by atoms with Gasteiger partial charge in [-0.25, -0.2) is 4.79 Å². The molecule has 1 fully saturated rings. The molecule has 1 unspecified atom stereocenters. The fourth-order valence-corrected chi connectivity index (χ4v) is 2.97. The first kappa shape index (κ1) is 17.5. The molecule has 0 saturated carbocycles. The fourth-order valence-electron chi connectivity index (χ4n) is 2.25. The summed E-state index contributed by atoms with van der Waals surface area (Å²) >= 11 is 0. The zero-order chi connectivity index (χ0) is 15.2. The quantitative estimate of drug-likeness (QED) is 0.732. The van der Waals surface area contributed by atoms with Gasteiger partial charge in [-0.1, -0.05) is 19.6 Å². The van der Waals surface area contributed by atoms with E-state index in [0.717, 1.165) is 32.1 Å². The minimum atomic E-state index is -1.15. The van der Waals surface area contributed by atoms with Crippen LogP contribution in [-0.2, 0) is 9.47 Å². The first-order valence-electron chi connectivity index (χ1n) is 7.49. The summed E-state index contributed by atoms with van der Waals surface area (Å²) in [5.74, 6) is 0.543. The molecule has 1 amide bonds. The van der Waals surface area contributed by atoms with Gasteiger partial charge in [-0.05, 0) is 24.8 Å². The molecule has 20 heavy (non-hydrogen) atoms. The molecule has 1 heterocycles. The Morgan fingerprint density at radius 1 is 1.50 bits per heavy atom. The van der Waals surface area contributed by atoms with Crippen molar-refractivity contribution in [2.45, 2.75) is 44.6 Å². The number of likely N-dealkylation sites (N-methyl/N-ethyl adjacent to an activating group) is 1. The van der Waals surface area contributed by atoms with Gasteiger partial charge in [-0.15, -0.1) is 0 Å². The summed E-state index contributed by atoms with van der Waals surface area (Å²) in [7, 11) is 0.602. The highest BCUT2D eigenvalue weighted by molar-refractivity contribution is 6.76. The van der Waals surface area contributed by atoms with Crippen LogP contribution in [0.1, 0.15) is 12.8 Å². The number of hydrogen-bond donors (Lipinski definition) is 1. The van der Waals surface area contributed by atoms with E-state index in [2.05, 4.69) is 19.6 Å². The van der Waals surface area contributed by atoms with Crippen LogP contribution in [0.5, 0.6) is 0 Å². The van der Waals surface area contributed by atoms with Gasteiger partial charge in [0.05, 0.1) is 6.61 Å². The molecule has 0 aliphatic carbocycles. The summed E-state index contributed by atoms with van der Waals surface area (Å²) in [6.07, 6.45) is 1.73. The van der Waals surface area contributed by atoms with Crippen molar-refractivity contribution in [2.24, 2.45) is 11.7 Å². The molecule has 0 aromatic heterocycles. The lowest BCUT2D eigenvalue weighted by Crippen LogP contribution is -2.40. The van der Waals surface area contributed by atoms with Crippen LogP contribution in [0.3, 0.4) is 0 Å². The molecular weight excluding hydrogens is 272 g/mol. The third-order valence-electron chi connectivity index (χ3n) is 3.56. The Morgan fingerprint density at radius 2 is 2.20 bits per heavy atom. The SMILES string of the molecule is CN(C[C@@H](N)CC1CCOC1)C(=O)OCC[Si](C)(C)C. The van der Waals surface area contributed by atoms with Crippen LogP contribution in [-0.4, -0.2) is 58.5 Å². The molecule has 2 atom stereocenters. The van der Waals surface area contributed by atoms with Crippen LogP contribution in [0.25, 0.3) is 0 Å². The Bertz CT molecular complexity index is 301. The smallest absolute Gasteiger partial charge is 0.409 e. The van der Waals surface area contributed by atoms with E-state index in [1.54, 1.807) is 11.9 Å². The molecule has 0 aromatic carbocycles. The van der Waals surface area contributed by atoms with E-state index in [-0.39, 0.29) is 12.1 Å². The minimum Gasteiger partial charge on any atom is -0.450 e. The Morgan fingerprint density at radius 3 is 2.75 bits per heavy atom. The highest BCUT2D eigenvalue weighted by atomic mass is 28.3. The molecule has 0 aromatic rings. The predicted octanol–water partition coefficient (Wildman–Crippen LogP) is 2.15. The van der Waals surface area contributed by atoms with Crippen LogP contribution in [0.15, 0.2) is 0 Å². The lowest BCUT2D eigenvalue weighted by molar-refractivity contribution is 0.112. The van der Waals surface area contributed by atoms with Crippen LogP contribution in [0.4, 0.5) is 4.79 Å². The Labute approximate surface area is 123 Å². The summed E-state index contributed by atoms with van der Waals surface area (Å²) in [6, 6.07) is 0.995. The van der Waals surface area contributed by atoms with Crippen LogP contribution in [0.2, 0.25) is 25.7 Å². The van der Waals surface area contributed by atoms with Crippen molar-refractivity contribution < 1.29 is 14.3 Å². The monoisotopic (exact) mass is 302 g/mol. The van der Waals surface area contributed by atoms with E-state index in [1.165, 1.54) is 0 Å². The van der Waals surface area contributed by atoms with Gasteiger partial charge in [0.15, 0.2) is 0 Å². The molecule has 0 radical (unpaired) electrons. The van der Waals surface area contributed by atoms with Crippen LogP contribution < -0.4 is 5.73 Å². The second-order valence-corrected chi connectivity index (χ2v) is 12.7. The predicted molar refractivity (Wildman–Crippen MR) is 83.6 cm³/mol. The van der Waals surface area contributed by atoms with Crippen molar-refractivity contribution in [3.05, 3.63) is 0 Å². The lowest BCUT2D eigenvalue weighted by Gasteiger charge is -2.23. The number of carbonyl (C=O) groups excluding carboxylic acids is 1. The molecule has 118 valence electrons. The number of ether oxygens (including phenoxy) is 2. The van der Waals surface area contributed by atoms with Crippen molar-refractivity contribution in [1.82, 2.24) is 4.90 Å². The second kappa shape index (κ2) is 8.00. The van der Waals surface area contributed by atoms with Gasteiger partial charge in [0.1, 0.15) is 0 Å². The normalized spacial score (nSPS) is 20.8. The maximum absolute atomic E-state index is 11.8. The number of amides is 1. The Kier molecular flexibility index (Phi) is 6.98. The molecule has 5 nitrogen and oxygen atoms in total. The average molecular weight is 302 g/mol. The lowest BCUT2D eigenvalue weighted by atomic mass is 9.99. The Balaban J connectivity index is 2.19. The number of rotatable bonds is 7. The first-order valence-corrected chi connectivity index (χ1v) is 11.2. The summed E-state index contributed by atoms with van der Waals surface area (Å²) in [5, 5.41) is 0. The van der Waals surface area contributed by atoms with Gasteiger partial charge < -0.3 is 20.1 Å². The maximum atomic E-state index is 11.8. The number of nitrogens with zero attached hydrogens (tertiary/aromatic N) is 1. The van der Waals surface area contributed by atoms with E-state index in [1.807, 2.05) is 0 Å². The molecule has 1 rings (SSSR count). The maximum Gasteiger partial charge on any atom is 0.409 e. The van der Waals surface area contributed by atoms with E-state index in [0.29, 0.717) is 19.1 Å². The molecule has 6 heteroatoms. The van der Waals surface area contributed by atoms with Gasteiger partial charge in [-0.2, -0.15) is 0 Å². The van der Waals surface area contributed by atoms with Crippen molar-refractivity contribution in [3.63, 3.8) is 0 Å². The van der Waals surface area contributed by atoms with Gasteiger partial charge in [0.25, 0.3) is 0 Å². The molecular formula is C14H30N2O3Si. The third-order valence-corrected chi connectivity index (χ3v) is 5.26. The number of nitrogens with two attached hydrogens (primary N) is 1. The third kappa shape index (κ3) is 7.26. The second-order valence-electron chi connectivity index (χ2n) is 7.03. The van der Waals surface area contributed by atoms with Crippen molar-refractivity contribution in [1.29, 1.82) is 0 Å². The zero-order valence-corrected chi connectivity index (χ0v) is 14.4. The zero-order valence-electron chi connectivity index (χ0n) is 13.4. The largest absolute Gasteiger partial charge is 0.450 e. The van der Waals surface area contributed by atoms with Gasteiger partial charge >= 0.3 is 6.09 Å². The summed E-state index contributed by atoms with van der Waals surface area (Å²) in [6.45, 7) is 9.51. The standard InChI is InChI=1S/C14H30N2O3Si/c1-16(14(17)19-7-8-20(2,3)4)10-13(15)9-12-5-6-18-11-12/h12-13H,5-11,15H2,1-4H3/t12?,13-/m0/s1. The molecule has 0 spiro atoms. The summed E-state index contributed by atoms with van der Waals surface area (Å²) < 4.78 is 10.6. The summed E-state index contributed by atoms with van der Waals surface area (Å²) in [4.78, 5) is 13.4. The number of carbonyl (C=O) groups is 1. The molecule has 0 bridgehead atoms. The average Bonchev–Trinajstić information content (AvgIpc) is 2.79. The van der Waals surface area contributed by atoms with Crippen LogP contribution in [0, 0.1) is 5.92 Å². The summed E-state index contributed by atoms with van der Waals surface area (Å²) in [5.41, 5.74) is 6.09. The first-order chi connectivity index (χ1) is 9.28. The topological polar surface area (TPSA) is 64.8 Å². The van der Waals surface area contributed by atoms with Crippen molar-refractivity contribution in [2.75, 3.05) is 33.4 Å². The molecule has 1 aliphatic rings. The highest BCUT2D eigenvalue weighted by Crippen LogP contribution is 2.17. The Hall–Kier alpha value is -0.593. The van der Waals surface area contributed by atoms with Crippen LogP contribution >= 0.6 is 0 Å². The minimum absolute atomic E-state index is 0.00348. The highest BCUT2D eigenvalue weighted by Gasteiger charge is 2.21. The van der Waals surface area contributed by atoms with E-state index in [4.69, 9.17) is 15.2 Å². The van der Waals surface area contributed by atoms with Gasteiger partial charge in [0.2, 0.25) is 0 Å². The van der Waals surface area contributed by atoms with E-state index < -0.39 is 8.07 Å². The van der Waals surface area contributed by atoms with Crippen molar-refractivity contribution >= 4 is 14.2 Å². The van der Waals surface area contributed by atoms with E-state index in [9.17, 15) is 4.79 Å². The van der Waals surface area contributed by atoms with Gasteiger partial charge in [-0.3, -0.25) is 0 Å². The van der Waals surface area contributed by atoms with Gasteiger partial charge in [0, 0.05) is 40.9 Å². The van der Waals surface area contributed by atoms with E-state index >= 15 is 0 Å². The molecule has 2 N–H and O–H groups in total.